The molecule has 0 aromatic heterocycles. The molecule has 3 aromatic rings. The Morgan fingerprint density at radius 3 is 2.55 bits per heavy atom. The molecular formula is C27H21FO5. The van der Waals surface area contributed by atoms with Crippen LogP contribution in [-0.4, -0.2) is 22.8 Å². The number of hydrogen-bond donors (Lipinski definition) is 2. The van der Waals surface area contributed by atoms with Crippen LogP contribution < -0.4 is 9.47 Å². The highest BCUT2D eigenvalue weighted by Gasteiger charge is 2.11. The van der Waals surface area contributed by atoms with Gasteiger partial charge < -0.3 is 19.7 Å². The highest BCUT2D eigenvalue weighted by Crippen LogP contribution is 2.28. The molecule has 0 bridgehead atoms. The Morgan fingerprint density at radius 2 is 1.76 bits per heavy atom. The van der Waals surface area contributed by atoms with Gasteiger partial charge in [0.1, 0.15) is 41.0 Å². The number of carboxylic acids is 1. The lowest BCUT2D eigenvalue weighted by Gasteiger charge is -2.11. The van der Waals surface area contributed by atoms with Crippen LogP contribution in [0.4, 0.5) is 4.39 Å². The molecule has 0 radical (unpaired) electrons. The predicted molar refractivity (Wildman–Crippen MR) is 123 cm³/mol. The monoisotopic (exact) mass is 444 g/mol. The molecule has 2 N–H and O–H groups in total. The van der Waals surface area contributed by atoms with E-state index in [-0.39, 0.29) is 23.7 Å². The van der Waals surface area contributed by atoms with Crippen molar-refractivity contribution in [2.24, 2.45) is 0 Å². The number of aromatic hydroxyl groups is 1. The normalized spacial score (nSPS) is 13.0. The molecule has 6 heteroatoms. The zero-order valence-electron chi connectivity index (χ0n) is 17.6. The summed E-state index contributed by atoms with van der Waals surface area (Å²) in [6, 6.07) is 17.6. The minimum atomic E-state index is -1.22. The van der Waals surface area contributed by atoms with E-state index in [1.54, 1.807) is 12.1 Å². The largest absolute Gasteiger partial charge is 0.507 e. The third-order valence-corrected chi connectivity index (χ3v) is 4.98. The second-order valence-corrected chi connectivity index (χ2v) is 7.37. The quantitative estimate of drug-likeness (QED) is 0.443. The van der Waals surface area contributed by atoms with E-state index in [2.05, 4.69) is 0 Å². The molecule has 4 rings (SSSR count). The summed E-state index contributed by atoms with van der Waals surface area (Å²) in [6.45, 7) is 0.237. The predicted octanol–water partition coefficient (Wildman–Crippen LogP) is 6.37. The Hall–Kier alpha value is -4.32. The number of carboxylic acid groups (broad SMARTS) is 1. The van der Waals surface area contributed by atoms with Crippen LogP contribution >= 0.6 is 0 Å². The number of allylic oxidation sites excluding steroid dienone is 4. The molecular weight excluding hydrogens is 423 g/mol. The number of phenols is 1. The van der Waals surface area contributed by atoms with Crippen molar-refractivity contribution in [1.29, 1.82) is 0 Å². The van der Waals surface area contributed by atoms with Crippen LogP contribution in [0.25, 0.3) is 5.57 Å². The lowest BCUT2D eigenvalue weighted by atomic mass is 10.0. The summed E-state index contributed by atoms with van der Waals surface area (Å²) in [5.74, 6) is -0.323. The van der Waals surface area contributed by atoms with Gasteiger partial charge in [0, 0.05) is 0 Å². The van der Waals surface area contributed by atoms with E-state index in [4.69, 9.17) is 14.6 Å². The molecule has 0 saturated carbocycles. The molecule has 0 heterocycles. The van der Waals surface area contributed by atoms with Gasteiger partial charge in [-0.15, -0.1) is 0 Å². The first-order valence-electron chi connectivity index (χ1n) is 10.3. The van der Waals surface area contributed by atoms with Crippen molar-refractivity contribution in [3.63, 3.8) is 0 Å². The Balaban J connectivity index is 1.50. The molecule has 33 heavy (non-hydrogen) atoms. The van der Waals surface area contributed by atoms with Gasteiger partial charge in [-0.2, -0.15) is 0 Å². The Kier molecular flexibility index (Phi) is 6.55. The molecule has 0 amide bonds. The second-order valence-electron chi connectivity index (χ2n) is 7.37. The fourth-order valence-electron chi connectivity index (χ4n) is 3.32. The van der Waals surface area contributed by atoms with Crippen molar-refractivity contribution in [3.05, 3.63) is 114 Å². The third-order valence-electron chi connectivity index (χ3n) is 4.98. The number of carbonyl (C=O) groups is 1. The summed E-state index contributed by atoms with van der Waals surface area (Å²) in [5.41, 5.74) is 2.61. The van der Waals surface area contributed by atoms with Gasteiger partial charge in [0.15, 0.2) is 0 Å². The van der Waals surface area contributed by atoms with Crippen molar-refractivity contribution >= 4 is 11.5 Å². The highest BCUT2D eigenvalue weighted by atomic mass is 19.1. The maximum Gasteiger partial charge on any atom is 0.339 e. The standard InChI is InChI=1S/C27H21FO5/c28-21-8-10-22(11-9-21)33-24-7-3-6-20(15-24)19-5-2-1-4-18(14-19)17-32-23-12-13-26(29)25(16-23)27(30)31/h2-16,29H,1,17H2,(H,30,31). The molecule has 0 saturated heterocycles. The van der Waals surface area contributed by atoms with Crippen molar-refractivity contribution in [2.75, 3.05) is 6.61 Å². The van der Waals surface area contributed by atoms with E-state index in [0.29, 0.717) is 17.2 Å². The molecule has 0 unspecified atom stereocenters. The molecule has 1 aliphatic carbocycles. The number of benzene rings is 3. The molecule has 0 spiro atoms. The summed E-state index contributed by atoms with van der Waals surface area (Å²) in [7, 11) is 0. The van der Waals surface area contributed by atoms with Gasteiger partial charge in [-0.05, 0) is 83.8 Å². The summed E-state index contributed by atoms with van der Waals surface area (Å²) in [4.78, 5) is 11.2. The first-order valence-corrected chi connectivity index (χ1v) is 10.3. The molecule has 3 aromatic carbocycles. The SMILES string of the molecule is O=C(O)c1cc(OCC2=CCC=CC(c3cccc(Oc4ccc(F)cc4)c3)=C2)ccc1O. The van der Waals surface area contributed by atoms with Crippen LogP contribution in [0.1, 0.15) is 22.3 Å². The zero-order chi connectivity index (χ0) is 23.2. The number of halogens is 1. The Morgan fingerprint density at radius 1 is 0.970 bits per heavy atom. The van der Waals surface area contributed by atoms with E-state index < -0.39 is 5.97 Å². The van der Waals surface area contributed by atoms with E-state index in [0.717, 1.165) is 23.1 Å². The minimum Gasteiger partial charge on any atom is -0.507 e. The van der Waals surface area contributed by atoms with E-state index in [1.807, 2.05) is 48.6 Å². The average molecular weight is 444 g/mol. The summed E-state index contributed by atoms with van der Waals surface area (Å²) < 4.78 is 24.7. The summed E-state index contributed by atoms with van der Waals surface area (Å²) in [6.07, 6.45) is 8.80. The number of aromatic carboxylic acids is 1. The molecule has 0 fully saturated rings. The number of rotatable bonds is 7. The second kappa shape index (κ2) is 9.87. The van der Waals surface area contributed by atoms with Crippen molar-refractivity contribution in [2.45, 2.75) is 6.42 Å². The minimum absolute atomic E-state index is 0.210. The molecule has 166 valence electrons. The third kappa shape index (κ3) is 5.68. The molecule has 0 atom stereocenters. The van der Waals surface area contributed by atoms with Crippen LogP contribution in [0.15, 0.2) is 96.6 Å². The first-order chi connectivity index (χ1) is 16.0. The maximum atomic E-state index is 13.1. The molecule has 5 nitrogen and oxygen atoms in total. The fraction of sp³-hybridized carbons (Fsp3) is 0.0741. The van der Waals surface area contributed by atoms with E-state index in [9.17, 15) is 14.3 Å². The zero-order valence-corrected chi connectivity index (χ0v) is 17.6. The maximum absolute atomic E-state index is 13.1. The van der Waals surface area contributed by atoms with Gasteiger partial charge >= 0.3 is 5.97 Å². The van der Waals surface area contributed by atoms with Gasteiger partial charge in [0.25, 0.3) is 0 Å². The van der Waals surface area contributed by atoms with Gasteiger partial charge in [0.05, 0.1) is 0 Å². The van der Waals surface area contributed by atoms with Crippen LogP contribution in [-0.2, 0) is 0 Å². The van der Waals surface area contributed by atoms with Crippen LogP contribution in [0.5, 0.6) is 23.0 Å². The first kappa shape index (κ1) is 21.9. The van der Waals surface area contributed by atoms with Crippen molar-refractivity contribution < 1.29 is 28.9 Å². The van der Waals surface area contributed by atoms with Gasteiger partial charge in [-0.25, -0.2) is 9.18 Å². The topological polar surface area (TPSA) is 76.0 Å². The lowest BCUT2D eigenvalue weighted by Crippen LogP contribution is -2.02. The van der Waals surface area contributed by atoms with Crippen molar-refractivity contribution in [1.82, 2.24) is 0 Å². The van der Waals surface area contributed by atoms with Crippen LogP contribution in [0.2, 0.25) is 0 Å². The number of ether oxygens (including phenoxy) is 2. The van der Waals surface area contributed by atoms with Gasteiger partial charge in [-0.3, -0.25) is 0 Å². The van der Waals surface area contributed by atoms with Crippen molar-refractivity contribution in [3.8, 4) is 23.0 Å². The van der Waals surface area contributed by atoms with Crippen LogP contribution in [0, 0.1) is 5.82 Å². The molecule has 0 aliphatic heterocycles. The van der Waals surface area contributed by atoms with Crippen LogP contribution in [0.3, 0.4) is 0 Å². The van der Waals surface area contributed by atoms with E-state index >= 15 is 0 Å². The summed E-state index contributed by atoms with van der Waals surface area (Å²) in [5, 5.41) is 18.8. The Labute approximate surface area is 190 Å². The Bertz CT molecular complexity index is 1260. The summed E-state index contributed by atoms with van der Waals surface area (Å²) >= 11 is 0. The lowest BCUT2D eigenvalue weighted by molar-refractivity contribution is 0.0693. The van der Waals surface area contributed by atoms with E-state index in [1.165, 1.54) is 30.3 Å². The molecule has 1 aliphatic rings. The fourth-order valence-corrected chi connectivity index (χ4v) is 3.32. The average Bonchev–Trinajstić information content (AvgIpc) is 3.06. The van der Waals surface area contributed by atoms with Gasteiger partial charge in [0.2, 0.25) is 0 Å². The highest BCUT2D eigenvalue weighted by molar-refractivity contribution is 5.91. The smallest absolute Gasteiger partial charge is 0.339 e. The number of hydrogen-bond acceptors (Lipinski definition) is 4. The van der Waals surface area contributed by atoms with Gasteiger partial charge in [-0.1, -0.05) is 30.4 Å².